The number of carbonyl (C=O) groups excluding carboxylic acids is 1. The molecular formula is C12H25N3O. The minimum atomic E-state index is 0.0370. The minimum absolute atomic E-state index is 0.0370. The van der Waals surface area contributed by atoms with Crippen LogP contribution in [0.1, 0.15) is 26.7 Å². The molecule has 1 fully saturated rings. The Balaban J connectivity index is 2.33. The van der Waals surface area contributed by atoms with Crippen LogP contribution >= 0.6 is 0 Å². The van der Waals surface area contributed by atoms with Crippen LogP contribution in [0, 0.1) is 5.92 Å². The van der Waals surface area contributed by atoms with Crippen molar-refractivity contribution in [1.29, 1.82) is 0 Å². The number of likely N-dealkylation sites (N-methyl/N-ethyl adjacent to an activating group) is 1. The molecule has 1 amide bonds. The fraction of sp³-hybridized carbons (Fsp3) is 0.917. The first kappa shape index (κ1) is 13.5. The normalized spacial score (nSPS) is 22.8. The van der Waals surface area contributed by atoms with Crippen molar-refractivity contribution in [2.75, 3.05) is 27.2 Å². The molecule has 16 heavy (non-hydrogen) atoms. The molecule has 1 aliphatic heterocycles. The molecule has 4 nitrogen and oxygen atoms in total. The van der Waals surface area contributed by atoms with Crippen LogP contribution in [0.3, 0.4) is 0 Å². The van der Waals surface area contributed by atoms with Gasteiger partial charge in [-0.05, 0) is 39.4 Å². The van der Waals surface area contributed by atoms with Crippen LogP contribution in [0.15, 0.2) is 0 Å². The van der Waals surface area contributed by atoms with Crippen molar-refractivity contribution in [3.05, 3.63) is 0 Å². The molecule has 0 radical (unpaired) electrons. The first-order valence-corrected chi connectivity index (χ1v) is 6.20. The monoisotopic (exact) mass is 227 g/mol. The van der Waals surface area contributed by atoms with Crippen molar-refractivity contribution in [2.45, 2.75) is 38.8 Å². The maximum atomic E-state index is 11.8. The summed E-state index contributed by atoms with van der Waals surface area (Å²) in [7, 11) is 4.12. The molecule has 2 atom stereocenters. The maximum Gasteiger partial charge on any atom is 0.237 e. The lowest BCUT2D eigenvalue weighted by molar-refractivity contribution is -0.123. The molecule has 1 unspecified atom stereocenters. The summed E-state index contributed by atoms with van der Waals surface area (Å²) in [6, 6.07) is 0.445. The summed E-state index contributed by atoms with van der Waals surface area (Å²) >= 11 is 0. The Morgan fingerprint density at radius 2 is 2.19 bits per heavy atom. The number of hydrogen-bond acceptors (Lipinski definition) is 3. The molecule has 0 spiro atoms. The third-order valence-corrected chi connectivity index (χ3v) is 3.30. The van der Waals surface area contributed by atoms with E-state index in [4.69, 9.17) is 0 Å². The van der Waals surface area contributed by atoms with Gasteiger partial charge in [0.05, 0.1) is 6.04 Å². The fourth-order valence-electron chi connectivity index (χ4n) is 2.25. The molecule has 0 saturated carbocycles. The second-order valence-corrected chi connectivity index (χ2v) is 5.17. The van der Waals surface area contributed by atoms with E-state index >= 15 is 0 Å². The smallest absolute Gasteiger partial charge is 0.237 e. The molecule has 4 heteroatoms. The Bertz CT molecular complexity index is 214. The maximum absolute atomic E-state index is 11.8. The topological polar surface area (TPSA) is 44.4 Å². The summed E-state index contributed by atoms with van der Waals surface area (Å²) in [5.41, 5.74) is 0. The lowest BCUT2D eigenvalue weighted by Gasteiger charge is -2.28. The summed E-state index contributed by atoms with van der Waals surface area (Å²) in [5, 5.41) is 6.26. The van der Waals surface area contributed by atoms with Gasteiger partial charge in [-0.2, -0.15) is 0 Å². The Labute approximate surface area is 98.8 Å². The summed E-state index contributed by atoms with van der Waals surface area (Å²) < 4.78 is 0. The number of amides is 1. The van der Waals surface area contributed by atoms with E-state index < -0.39 is 0 Å². The van der Waals surface area contributed by atoms with Crippen LogP contribution in [0.25, 0.3) is 0 Å². The third kappa shape index (κ3) is 3.76. The van der Waals surface area contributed by atoms with E-state index in [1.165, 1.54) is 0 Å². The number of nitrogens with zero attached hydrogens (tertiary/aromatic N) is 1. The zero-order valence-corrected chi connectivity index (χ0v) is 10.9. The molecule has 1 aliphatic rings. The Morgan fingerprint density at radius 3 is 2.62 bits per heavy atom. The highest BCUT2D eigenvalue weighted by atomic mass is 16.2. The third-order valence-electron chi connectivity index (χ3n) is 3.30. The van der Waals surface area contributed by atoms with Gasteiger partial charge in [0.25, 0.3) is 0 Å². The Morgan fingerprint density at radius 1 is 1.50 bits per heavy atom. The molecule has 2 N–H and O–H groups in total. The highest BCUT2D eigenvalue weighted by Crippen LogP contribution is 2.08. The zero-order valence-electron chi connectivity index (χ0n) is 10.9. The van der Waals surface area contributed by atoms with E-state index in [2.05, 4.69) is 43.5 Å². The van der Waals surface area contributed by atoms with Crippen molar-refractivity contribution in [3.8, 4) is 0 Å². The van der Waals surface area contributed by atoms with E-state index in [0.29, 0.717) is 12.0 Å². The predicted molar refractivity (Wildman–Crippen MR) is 66.3 cm³/mol. The number of carbonyl (C=O) groups is 1. The average Bonchev–Trinajstić information content (AvgIpc) is 2.69. The van der Waals surface area contributed by atoms with Crippen LogP contribution in [0.2, 0.25) is 0 Å². The van der Waals surface area contributed by atoms with E-state index in [9.17, 15) is 4.79 Å². The van der Waals surface area contributed by atoms with Gasteiger partial charge in [-0.15, -0.1) is 0 Å². The van der Waals surface area contributed by atoms with Gasteiger partial charge >= 0.3 is 0 Å². The SMILES string of the molecule is CC(C)C(CNC(=O)[C@H]1CCCN1)N(C)C. The summed E-state index contributed by atoms with van der Waals surface area (Å²) in [6.07, 6.45) is 2.08. The first-order valence-electron chi connectivity index (χ1n) is 6.20. The molecule has 0 aliphatic carbocycles. The molecule has 1 rings (SSSR count). The molecule has 1 heterocycles. The second-order valence-electron chi connectivity index (χ2n) is 5.17. The molecule has 0 aromatic carbocycles. The minimum Gasteiger partial charge on any atom is -0.353 e. The Hall–Kier alpha value is -0.610. The summed E-state index contributed by atoms with van der Waals surface area (Å²) in [5.74, 6) is 0.705. The summed E-state index contributed by atoms with van der Waals surface area (Å²) in [6.45, 7) is 6.08. The van der Waals surface area contributed by atoms with Gasteiger partial charge < -0.3 is 15.5 Å². The second kappa shape index (κ2) is 6.21. The quantitative estimate of drug-likeness (QED) is 0.716. The largest absolute Gasteiger partial charge is 0.353 e. The van der Waals surface area contributed by atoms with Gasteiger partial charge in [-0.25, -0.2) is 0 Å². The molecular weight excluding hydrogens is 202 g/mol. The molecule has 1 saturated heterocycles. The molecule has 94 valence electrons. The summed E-state index contributed by atoms with van der Waals surface area (Å²) in [4.78, 5) is 14.0. The van der Waals surface area contributed by atoms with E-state index in [1.807, 2.05) is 0 Å². The van der Waals surface area contributed by atoms with Crippen molar-refractivity contribution in [1.82, 2.24) is 15.5 Å². The van der Waals surface area contributed by atoms with Gasteiger partial charge in [0, 0.05) is 12.6 Å². The fourth-order valence-corrected chi connectivity index (χ4v) is 2.25. The highest BCUT2D eigenvalue weighted by Gasteiger charge is 2.23. The lowest BCUT2D eigenvalue weighted by atomic mass is 10.0. The number of nitrogens with one attached hydrogen (secondary N) is 2. The van der Waals surface area contributed by atoms with Gasteiger partial charge in [0.1, 0.15) is 0 Å². The van der Waals surface area contributed by atoms with Gasteiger partial charge in [-0.3, -0.25) is 4.79 Å². The molecule has 0 bridgehead atoms. The van der Waals surface area contributed by atoms with Crippen molar-refractivity contribution < 1.29 is 4.79 Å². The van der Waals surface area contributed by atoms with E-state index in [-0.39, 0.29) is 11.9 Å². The average molecular weight is 227 g/mol. The zero-order chi connectivity index (χ0) is 12.1. The van der Waals surface area contributed by atoms with Crippen molar-refractivity contribution in [3.63, 3.8) is 0 Å². The van der Waals surface area contributed by atoms with Crippen LogP contribution in [-0.2, 0) is 4.79 Å². The van der Waals surface area contributed by atoms with Crippen LogP contribution in [0.5, 0.6) is 0 Å². The number of rotatable bonds is 5. The number of hydrogen-bond donors (Lipinski definition) is 2. The Kier molecular flexibility index (Phi) is 5.22. The van der Waals surface area contributed by atoms with E-state index in [0.717, 1.165) is 25.9 Å². The first-order chi connectivity index (χ1) is 7.52. The van der Waals surface area contributed by atoms with Crippen LogP contribution in [-0.4, -0.2) is 50.1 Å². The predicted octanol–water partition coefficient (Wildman–Crippen LogP) is 0.441. The van der Waals surface area contributed by atoms with E-state index in [1.54, 1.807) is 0 Å². The van der Waals surface area contributed by atoms with Gasteiger partial charge in [0.15, 0.2) is 0 Å². The standard InChI is InChI=1S/C12H25N3O/c1-9(2)11(15(3)4)8-14-12(16)10-6-5-7-13-10/h9-11,13H,5-8H2,1-4H3,(H,14,16)/t10-,11?/m1/s1. The van der Waals surface area contributed by atoms with Gasteiger partial charge in [0.2, 0.25) is 5.91 Å². The van der Waals surface area contributed by atoms with Crippen LogP contribution in [0.4, 0.5) is 0 Å². The van der Waals surface area contributed by atoms with Gasteiger partial charge in [-0.1, -0.05) is 13.8 Å². The molecule has 0 aromatic heterocycles. The van der Waals surface area contributed by atoms with Crippen molar-refractivity contribution in [2.24, 2.45) is 5.92 Å². The highest BCUT2D eigenvalue weighted by molar-refractivity contribution is 5.82. The van der Waals surface area contributed by atoms with Crippen LogP contribution < -0.4 is 10.6 Å². The van der Waals surface area contributed by atoms with Crippen molar-refractivity contribution >= 4 is 5.91 Å². The lowest BCUT2D eigenvalue weighted by Crippen LogP contribution is -2.47. The molecule has 0 aromatic rings.